The number of rotatable bonds is 4. The van der Waals surface area contributed by atoms with E-state index in [-0.39, 0.29) is 11.9 Å². The fourth-order valence-corrected chi connectivity index (χ4v) is 4.19. The Morgan fingerprint density at radius 3 is 2.92 bits per heavy atom. The maximum atomic E-state index is 12.9. The minimum atomic E-state index is -0.502. The molecule has 1 N–H and O–H groups in total. The number of aromatic nitrogens is 2. The number of nitrogens with one attached hydrogen (secondary N) is 1. The maximum Gasteiger partial charge on any atom is 0.315 e. The van der Waals surface area contributed by atoms with Gasteiger partial charge in [0.25, 0.3) is 0 Å². The zero-order valence-corrected chi connectivity index (χ0v) is 15.8. The van der Waals surface area contributed by atoms with Gasteiger partial charge in [-0.25, -0.2) is 4.99 Å². The fourth-order valence-electron chi connectivity index (χ4n) is 3.59. The number of aromatic amines is 1. The van der Waals surface area contributed by atoms with Gasteiger partial charge in [-0.2, -0.15) is 10.4 Å². The Morgan fingerprint density at radius 1 is 1.42 bits per heavy atom. The summed E-state index contributed by atoms with van der Waals surface area (Å²) in [6, 6.07) is 7.72. The molecular formula is C19H17BrN4O2. The van der Waals surface area contributed by atoms with Crippen molar-refractivity contribution in [2.75, 3.05) is 6.61 Å². The number of H-pyrrole nitrogens is 1. The number of hydrogen-bond acceptors (Lipinski definition) is 5. The number of fused-ring (bicyclic) bond motifs is 1. The molecule has 2 aliphatic rings. The Kier molecular flexibility index (Phi) is 4.37. The molecule has 2 atom stereocenters. The van der Waals surface area contributed by atoms with Crippen LogP contribution in [0.5, 0.6) is 0 Å². The average Bonchev–Trinajstić information content (AvgIpc) is 3.38. The molecule has 0 saturated heterocycles. The second kappa shape index (κ2) is 6.69. The molecule has 132 valence electrons. The molecule has 1 saturated carbocycles. The molecule has 4 rings (SSSR count). The number of nitriles is 1. The lowest BCUT2D eigenvalue weighted by Crippen LogP contribution is -2.35. The molecule has 26 heavy (non-hydrogen) atoms. The summed E-state index contributed by atoms with van der Waals surface area (Å²) in [5.41, 5.74) is 3.12. The Balaban J connectivity index is 1.91. The standard InChI is InChI=1S/C19H17BrN4O2/c1-2-26-19(25)15-14(12-5-3-4-11(8-21)16(12)20)13-9-22-24-18(13)23-17(15)10-6-7-10/h3-5,9-10,14-15H,2,6-7H2,1H3,(H,22,24). The molecule has 2 heterocycles. The van der Waals surface area contributed by atoms with E-state index in [1.165, 1.54) is 0 Å². The number of halogens is 1. The van der Waals surface area contributed by atoms with Crippen LogP contribution in [-0.4, -0.2) is 28.5 Å². The second-order valence-electron chi connectivity index (χ2n) is 6.51. The number of ether oxygens (including phenoxy) is 1. The highest BCUT2D eigenvalue weighted by Gasteiger charge is 2.46. The van der Waals surface area contributed by atoms with E-state index in [2.05, 4.69) is 32.2 Å². The fraction of sp³-hybridized carbons (Fsp3) is 0.368. The molecule has 1 aromatic heterocycles. The summed E-state index contributed by atoms with van der Waals surface area (Å²) >= 11 is 3.56. The van der Waals surface area contributed by atoms with Crippen LogP contribution in [0.25, 0.3) is 0 Å². The van der Waals surface area contributed by atoms with E-state index in [1.807, 2.05) is 12.1 Å². The van der Waals surface area contributed by atoms with Gasteiger partial charge in [-0.1, -0.05) is 12.1 Å². The van der Waals surface area contributed by atoms with Gasteiger partial charge in [-0.05, 0) is 53.2 Å². The van der Waals surface area contributed by atoms with Crippen molar-refractivity contribution in [1.29, 1.82) is 5.26 Å². The van der Waals surface area contributed by atoms with Gasteiger partial charge in [0.05, 0.1) is 18.4 Å². The van der Waals surface area contributed by atoms with E-state index in [4.69, 9.17) is 9.73 Å². The lowest BCUT2D eigenvalue weighted by molar-refractivity contribution is -0.146. The number of esters is 1. The Bertz CT molecular complexity index is 939. The van der Waals surface area contributed by atoms with Gasteiger partial charge in [0, 0.05) is 21.7 Å². The van der Waals surface area contributed by atoms with Crippen molar-refractivity contribution in [3.63, 3.8) is 0 Å². The SMILES string of the molecule is CCOC(=O)C1C(C2CC2)=Nc2[nH]ncc2C1c1cccc(C#N)c1Br. The third-order valence-corrected chi connectivity index (χ3v) is 5.78. The van der Waals surface area contributed by atoms with E-state index < -0.39 is 5.92 Å². The second-order valence-corrected chi connectivity index (χ2v) is 7.31. The summed E-state index contributed by atoms with van der Waals surface area (Å²) in [5, 5.41) is 16.5. The molecular weight excluding hydrogens is 396 g/mol. The highest BCUT2D eigenvalue weighted by atomic mass is 79.9. The number of carbonyl (C=O) groups excluding carboxylic acids is 1. The molecule has 1 aliphatic carbocycles. The molecule has 1 aromatic carbocycles. The number of benzene rings is 1. The molecule has 6 nitrogen and oxygen atoms in total. The highest BCUT2D eigenvalue weighted by Crippen LogP contribution is 2.48. The Hall–Kier alpha value is -2.46. The summed E-state index contributed by atoms with van der Waals surface area (Å²) in [4.78, 5) is 17.6. The van der Waals surface area contributed by atoms with Gasteiger partial charge >= 0.3 is 5.97 Å². The van der Waals surface area contributed by atoms with Crippen molar-refractivity contribution in [3.05, 3.63) is 45.6 Å². The average molecular weight is 413 g/mol. The molecule has 0 amide bonds. The zero-order valence-electron chi connectivity index (χ0n) is 14.2. The monoisotopic (exact) mass is 412 g/mol. The van der Waals surface area contributed by atoms with Crippen molar-refractivity contribution in [2.45, 2.75) is 25.7 Å². The summed E-state index contributed by atoms with van der Waals surface area (Å²) in [5.74, 6) is -0.0754. The maximum absolute atomic E-state index is 12.9. The third kappa shape index (κ3) is 2.74. The van der Waals surface area contributed by atoms with Crippen LogP contribution in [0.3, 0.4) is 0 Å². The minimum absolute atomic E-state index is 0.274. The number of nitrogens with zero attached hydrogens (tertiary/aromatic N) is 3. The molecule has 0 radical (unpaired) electrons. The lowest BCUT2D eigenvalue weighted by Gasteiger charge is -2.31. The first-order valence-corrected chi connectivity index (χ1v) is 9.41. The van der Waals surface area contributed by atoms with Crippen LogP contribution in [-0.2, 0) is 9.53 Å². The van der Waals surface area contributed by atoms with Gasteiger partial charge in [0.15, 0.2) is 5.82 Å². The van der Waals surface area contributed by atoms with Gasteiger partial charge in [-0.3, -0.25) is 9.89 Å². The summed E-state index contributed by atoms with van der Waals surface area (Å²) in [6.07, 6.45) is 3.78. The van der Waals surface area contributed by atoms with Gasteiger partial charge in [0.2, 0.25) is 0 Å². The molecule has 1 aliphatic heterocycles. The van der Waals surface area contributed by atoms with Crippen molar-refractivity contribution < 1.29 is 9.53 Å². The molecule has 7 heteroatoms. The smallest absolute Gasteiger partial charge is 0.315 e. The Labute approximate surface area is 159 Å². The van der Waals surface area contributed by atoms with Crippen LogP contribution < -0.4 is 0 Å². The molecule has 2 aromatic rings. The van der Waals surface area contributed by atoms with Crippen molar-refractivity contribution in [1.82, 2.24) is 10.2 Å². The number of hydrogen-bond donors (Lipinski definition) is 1. The van der Waals surface area contributed by atoms with Crippen LogP contribution in [0.15, 0.2) is 33.9 Å². The van der Waals surface area contributed by atoms with E-state index >= 15 is 0 Å². The van der Waals surface area contributed by atoms with Gasteiger partial charge < -0.3 is 4.74 Å². The highest BCUT2D eigenvalue weighted by molar-refractivity contribution is 9.10. The largest absolute Gasteiger partial charge is 0.465 e. The van der Waals surface area contributed by atoms with E-state index in [9.17, 15) is 10.1 Å². The lowest BCUT2D eigenvalue weighted by atomic mass is 9.75. The topological polar surface area (TPSA) is 91.1 Å². The first-order chi connectivity index (χ1) is 12.7. The van der Waals surface area contributed by atoms with E-state index in [0.717, 1.165) is 29.7 Å². The number of aliphatic imine (C=N–C) groups is 1. The van der Waals surface area contributed by atoms with Crippen molar-refractivity contribution >= 4 is 33.4 Å². The predicted octanol–water partition coefficient (Wildman–Crippen LogP) is 3.85. The number of carbonyl (C=O) groups is 1. The Morgan fingerprint density at radius 2 is 2.23 bits per heavy atom. The summed E-state index contributed by atoms with van der Waals surface area (Å²) < 4.78 is 6.10. The summed E-state index contributed by atoms with van der Waals surface area (Å²) in [6.45, 7) is 2.12. The van der Waals surface area contributed by atoms with Crippen LogP contribution in [0.4, 0.5) is 5.82 Å². The van der Waals surface area contributed by atoms with Crippen LogP contribution in [0, 0.1) is 23.2 Å². The van der Waals surface area contributed by atoms with E-state index in [0.29, 0.717) is 28.4 Å². The summed E-state index contributed by atoms with van der Waals surface area (Å²) in [7, 11) is 0. The van der Waals surface area contributed by atoms with Crippen LogP contribution in [0.2, 0.25) is 0 Å². The normalized spacial score (nSPS) is 21.5. The molecule has 1 fully saturated rings. The quantitative estimate of drug-likeness (QED) is 0.771. The zero-order chi connectivity index (χ0) is 18.3. The van der Waals surface area contributed by atoms with Gasteiger partial charge in [0.1, 0.15) is 12.0 Å². The first kappa shape index (κ1) is 17.0. The first-order valence-electron chi connectivity index (χ1n) is 8.62. The molecule has 0 bridgehead atoms. The van der Waals surface area contributed by atoms with Crippen LogP contribution in [0.1, 0.15) is 42.4 Å². The van der Waals surface area contributed by atoms with Crippen molar-refractivity contribution in [3.8, 4) is 6.07 Å². The van der Waals surface area contributed by atoms with Crippen molar-refractivity contribution in [2.24, 2.45) is 16.8 Å². The molecule has 2 unspecified atom stereocenters. The van der Waals surface area contributed by atoms with Gasteiger partial charge in [-0.15, -0.1) is 0 Å². The minimum Gasteiger partial charge on any atom is -0.465 e. The van der Waals surface area contributed by atoms with Crippen LogP contribution >= 0.6 is 15.9 Å². The predicted molar refractivity (Wildman–Crippen MR) is 99.2 cm³/mol. The third-order valence-electron chi connectivity index (χ3n) is 4.90. The van der Waals surface area contributed by atoms with E-state index in [1.54, 1.807) is 19.2 Å². The molecule has 0 spiro atoms.